The van der Waals surface area contributed by atoms with E-state index in [9.17, 15) is 31.1 Å². The molecule has 0 aliphatic rings. The number of ether oxygens (including phenoxy) is 2. The summed E-state index contributed by atoms with van der Waals surface area (Å²) < 4.78 is 88.6. The van der Waals surface area contributed by atoms with Gasteiger partial charge in [-0.1, -0.05) is 37.3 Å². The summed E-state index contributed by atoms with van der Waals surface area (Å²) in [5.74, 6) is -10.7. The molecule has 0 saturated carbocycles. The summed E-state index contributed by atoms with van der Waals surface area (Å²) in [5, 5.41) is 0. The van der Waals surface area contributed by atoms with E-state index in [1.807, 2.05) is 0 Å². The van der Waals surface area contributed by atoms with E-state index in [0.717, 1.165) is 12.1 Å². The zero-order valence-corrected chi connectivity index (χ0v) is 12.2. The van der Waals surface area contributed by atoms with Gasteiger partial charge in [-0.05, 0) is 13.3 Å². The largest absolute Gasteiger partial charge is 0.511 e. The van der Waals surface area contributed by atoms with Gasteiger partial charge < -0.3 is 9.47 Å². The Kier molecular flexibility index (Phi) is 5.55. The van der Waals surface area contributed by atoms with Gasteiger partial charge in [0.1, 0.15) is 6.10 Å². The average Bonchev–Trinajstić information content (AvgIpc) is 2.46. The molecule has 0 aliphatic carbocycles. The number of alkyl halides is 6. The zero-order valence-electron chi connectivity index (χ0n) is 12.2. The third kappa shape index (κ3) is 3.89. The summed E-state index contributed by atoms with van der Waals surface area (Å²) in [6.07, 6.45) is -9.10. The highest BCUT2D eigenvalue weighted by atomic mass is 19.4. The molecule has 0 radical (unpaired) electrons. The molecule has 2 atom stereocenters. The van der Waals surface area contributed by atoms with Gasteiger partial charge in [0.05, 0.1) is 0 Å². The van der Waals surface area contributed by atoms with Crippen LogP contribution in [0.3, 0.4) is 0 Å². The highest BCUT2D eigenvalue weighted by Gasteiger charge is 2.75. The highest BCUT2D eigenvalue weighted by molar-refractivity contribution is 5.61. The van der Waals surface area contributed by atoms with Crippen molar-refractivity contribution in [3.05, 3.63) is 35.9 Å². The molecule has 9 heteroatoms. The molecule has 0 fully saturated rings. The highest BCUT2D eigenvalue weighted by Crippen LogP contribution is 2.51. The molecule has 2 unspecified atom stereocenters. The Hall–Kier alpha value is -1.93. The van der Waals surface area contributed by atoms with Gasteiger partial charge in [-0.15, -0.1) is 0 Å². The van der Waals surface area contributed by atoms with Crippen molar-refractivity contribution < 1.29 is 40.6 Å². The maximum Gasteiger partial charge on any atom is 0.511 e. The third-order valence-electron chi connectivity index (χ3n) is 3.00. The van der Waals surface area contributed by atoms with E-state index in [1.165, 1.54) is 19.9 Å². The SMILES string of the molecule is CCC(C)OC(=O)OC(F)(C(F)(F)F)C(F)(F)c1ccccc1. The van der Waals surface area contributed by atoms with Crippen LogP contribution in [-0.4, -0.2) is 24.3 Å². The molecule has 0 amide bonds. The second-order valence-corrected chi connectivity index (χ2v) is 4.72. The first-order valence-corrected chi connectivity index (χ1v) is 6.54. The number of hydrogen-bond donors (Lipinski definition) is 0. The molecule has 1 rings (SSSR count). The minimum Gasteiger partial charge on any atom is -0.431 e. The second kappa shape index (κ2) is 6.67. The summed E-state index contributed by atoms with van der Waals surface area (Å²) in [6, 6.07) is 4.42. The summed E-state index contributed by atoms with van der Waals surface area (Å²) in [7, 11) is 0. The van der Waals surface area contributed by atoms with Gasteiger partial charge in [0.2, 0.25) is 0 Å². The van der Waals surface area contributed by atoms with Crippen molar-refractivity contribution in [1.29, 1.82) is 0 Å². The summed E-state index contributed by atoms with van der Waals surface area (Å²) >= 11 is 0. The standard InChI is InChI=1S/C14H14F6O3/c1-3-9(2)22-11(21)23-13(17,14(18,19)20)12(15,16)10-7-5-4-6-8-10/h4-9H,3H2,1-2H3. The van der Waals surface area contributed by atoms with Gasteiger partial charge >= 0.3 is 24.1 Å². The Balaban J connectivity index is 3.20. The number of carbonyl (C=O) groups excluding carboxylic acids is 1. The van der Waals surface area contributed by atoms with Crippen LogP contribution in [0.1, 0.15) is 25.8 Å². The van der Waals surface area contributed by atoms with Crippen LogP contribution in [0.2, 0.25) is 0 Å². The Bertz CT molecular complexity index is 531. The molecule has 0 bridgehead atoms. The first kappa shape index (κ1) is 19.1. The molecule has 0 spiro atoms. The molecule has 0 saturated heterocycles. The number of carbonyl (C=O) groups is 1. The molecule has 0 aromatic heterocycles. The predicted octanol–water partition coefficient (Wildman–Crippen LogP) is 4.96. The minimum atomic E-state index is -6.18. The van der Waals surface area contributed by atoms with Crippen molar-refractivity contribution in [3.8, 4) is 0 Å². The smallest absolute Gasteiger partial charge is 0.431 e. The maximum absolute atomic E-state index is 14.2. The van der Waals surface area contributed by atoms with Crippen molar-refractivity contribution in [1.82, 2.24) is 0 Å². The number of benzene rings is 1. The van der Waals surface area contributed by atoms with Crippen LogP contribution in [0.4, 0.5) is 31.1 Å². The fourth-order valence-corrected chi connectivity index (χ4v) is 1.52. The number of rotatable bonds is 5. The lowest BCUT2D eigenvalue weighted by Gasteiger charge is -2.33. The molecular formula is C14H14F6O3. The maximum atomic E-state index is 14.2. The average molecular weight is 344 g/mol. The third-order valence-corrected chi connectivity index (χ3v) is 3.00. The van der Waals surface area contributed by atoms with Gasteiger partial charge in [-0.3, -0.25) is 0 Å². The van der Waals surface area contributed by atoms with Crippen LogP contribution in [0.25, 0.3) is 0 Å². The van der Waals surface area contributed by atoms with Gasteiger partial charge in [-0.25, -0.2) is 4.79 Å². The molecule has 0 N–H and O–H groups in total. The predicted molar refractivity (Wildman–Crippen MR) is 67.5 cm³/mol. The van der Waals surface area contributed by atoms with E-state index in [4.69, 9.17) is 0 Å². The van der Waals surface area contributed by atoms with E-state index in [1.54, 1.807) is 0 Å². The lowest BCUT2D eigenvalue weighted by Crippen LogP contribution is -2.56. The fraction of sp³-hybridized carbons (Fsp3) is 0.500. The van der Waals surface area contributed by atoms with Crippen LogP contribution in [-0.2, 0) is 15.4 Å². The Morgan fingerprint density at radius 1 is 1.09 bits per heavy atom. The monoisotopic (exact) mass is 344 g/mol. The lowest BCUT2D eigenvalue weighted by atomic mass is 10.0. The van der Waals surface area contributed by atoms with Gasteiger partial charge in [-0.2, -0.15) is 26.3 Å². The van der Waals surface area contributed by atoms with Gasteiger partial charge in [0.15, 0.2) is 0 Å². The van der Waals surface area contributed by atoms with Crippen molar-refractivity contribution in [3.63, 3.8) is 0 Å². The van der Waals surface area contributed by atoms with E-state index in [-0.39, 0.29) is 6.42 Å². The van der Waals surface area contributed by atoms with Crippen molar-refractivity contribution in [2.24, 2.45) is 0 Å². The normalized spacial score (nSPS) is 16.3. The van der Waals surface area contributed by atoms with E-state index in [2.05, 4.69) is 9.47 Å². The van der Waals surface area contributed by atoms with Gasteiger partial charge in [0.25, 0.3) is 0 Å². The van der Waals surface area contributed by atoms with Crippen molar-refractivity contribution in [2.45, 2.75) is 44.3 Å². The summed E-state index contributed by atoms with van der Waals surface area (Å²) in [6.45, 7) is 2.80. The molecular weight excluding hydrogens is 330 g/mol. The van der Waals surface area contributed by atoms with Crippen LogP contribution < -0.4 is 0 Å². The minimum absolute atomic E-state index is 0.176. The fourth-order valence-electron chi connectivity index (χ4n) is 1.52. The summed E-state index contributed by atoms with van der Waals surface area (Å²) in [4.78, 5) is 11.2. The molecule has 0 aliphatic heterocycles. The van der Waals surface area contributed by atoms with Crippen LogP contribution in [0, 0.1) is 0 Å². The van der Waals surface area contributed by atoms with E-state index >= 15 is 0 Å². The summed E-state index contributed by atoms with van der Waals surface area (Å²) in [5.41, 5.74) is -1.30. The molecule has 3 nitrogen and oxygen atoms in total. The molecule has 23 heavy (non-hydrogen) atoms. The van der Waals surface area contributed by atoms with Crippen LogP contribution in [0.5, 0.6) is 0 Å². The Labute approximate surface area is 128 Å². The van der Waals surface area contributed by atoms with E-state index < -0.39 is 35.8 Å². The lowest BCUT2D eigenvalue weighted by molar-refractivity contribution is -0.390. The molecule has 0 heterocycles. The molecule has 1 aromatic rings. The number of halogens is 6. The van der Waals surface area contributed by atoms with Crippen LogP contribution >= 0.6 is 0 Å². The Morgan fingerprint density at radius 2 is 1.61 bits per heavy atom. The van der Waals surface area contributed by atoms with Crippen molar-refractivity contribution >= 4 is 6.16 Å². The molecule has 1 aromatic carbocycles. The quantitative estimate of drug-likeness (QED) is 0.560. The van der Waals surface area contributed by atoms with E-state index in [0.29, 0.717) is 12.1 Å². The first-order valence-electron chi connectivity index (χ1n) is 6.54. The topological polar surface area (TPSA) is 35.5 Å². The van der Waals surface area contributed by atoms with Gasteiger partial charge in [0, 0.05) is 5.56 Å². The Morgan fingerprint density at radius 3 is 2.04 bits per heavy atom. The van der Waals surface area contributed by atoms with Crippen LogP contribution in [0.15, 0.2) is 30.3 Å². The second-order valence-electron chi connectivity index (χ2n) is 4.72. The first-order chi connectivity index (χ1) is 10.5. The van der Waals surface area contributed by atoms with Crippen molar-refractivity contribution in [2.75, 3.05) is 0 Å². The zero-order chi connectivity index (χ0) is 17.9. The molecule has 130 valence electrons. The number of hydrogen-bond acceptors (Lipinski definition) is 3.